The smallest absolute Gasteiger partial charge is 0.287 e. The molecule has 1 amide bonds. The third kappa shape index (κ3) is 3.39. The van der Waals surface area contributed by atoms with Gasteiger partial charge in [0.05, 0.1) is 6.26 Å². The second-order valence-corrected chi connectivity index (χ2v) is 8.95. The van der Waals surface area contributed by atoms with Crippen LogP contribution in [0.4, 0.5) is 0 Å². The summed E-state index contributed by atoms with van der Waals surface area (Å²) in [7, 11) is -3.56. The van der Waals surface area contributed by atoms with E-state index in [0.29, 0.717) is 9.09 Å². The average molecular weight is 367 g/mol. The zero-order chi connectivity index (χ0) is 16.3. The molecule has 0 saturated carbocycles. The highest BCUT2D eigenvalue weighted by Crippen LogP contribution is 2.33. The number of carbonyl (C=O) groups is 1. The minimum Gasteiger partial charge on any atom is -0.459 e. The quantitative estimate of drug-likeness (QED) is 0.725. The molecule has 0 saturated heterocycles. The highest BCUT2D eigenvalue weighted by atomic mass is 32.2. The van der Waals surface area contributed by atoms with Gasteiger partial charge in [-0.3, -0.25) is 4.79 Å². The molecule has 0 bridgehead atoms. The molecule has 0 unspecified atom stereocenters. The molecule has 3 aromatic rings. The zero-order valence-corrected chi connectivity index (χ0v) is 14.3. The van der Waals surface area contributed by atoms with Gasteiger partial charge in [0, 0.05) is 11.4 Å². The molecule has 23 heavy (non-hydrogen) atoms. The lowest BCUT2D eigenvalue weighted by atomic mass is 10.3. The Kier molecular flexibility index (Phi) is 4.65. The van der Waals surface area contributed by atoms with E-state index in [1.807, 2.05) is 5.38 Å². The highest BCUT2D eigenvalue weighted by molar-refractivity contribution is 7.93. The molecule has 3 aromatic heterocycles. The number of hydrogen-bond acceptors (Lipinski definition) is 6. The Bertz CT molecular complexity index is 850. The van der Waals surface area contributed by atoms with Gasteiger partial charge in [-0.2, -0.15) is 0 Å². The minimum absolute atomic E-state index is 0.0136. The van der Waals surface area contributed by atoms with Gasteiger partial charge in [-0.15, -0.1) is 22.7 Å². The summed E-state index contributed by atoms with van der Waals surface area (Å²) in [4.78, 5) is 12.7. The summed E-state index contributed by atoms with van der Waals surface area (Å²) in [5.74, 6) is -0.276. The molecular weight excluding hydrogens is 354 g/mol. The lowest BCUT2D eigenvalue weighted by Gasteiger charge is -2.16. The van der Waals surface area contributed by atoms with Gasteiger partial charge in [-0.05, 0) is 35.0 Å². The maximum atomic E-state index is 12.8. The molecule has 120 valence electrons. The lowest BCUT2D eigenvalue weighted by Crippen LogP contribution is -2.31. The summed E-state index contributed by atoms with van der Waals surface area (Å²) in [6.45, 7) is -0.0136. The number of rotatable bonds is 6. The van der Waals surface area contributed by atoms with Crippen molar-refractivity contribution in [3.8, 4) is 0 Å². The van der Waals surface area contributed by atoms with Gasteiger partial charge >= 0.3 is 0 Å². The second kappa shape index (κ2) is 6.69. The second-order valence-electron chi connectivity index (χ2n) is 4.67. The van der Waals surface area contributed by atoms with Crippen LogP contribution in [0.25, 0.3) is 0 Å². The van der Waals surface area contributed by atoms with Crippen molar-refractivity contribution in [1.82, 2.24) is 5.32 Å². The largest absolute Gasteiger partial charge is 0.459 e. The fraction of sp³-hybridized carbons (Fsp3) is 0.133. The van der Waals surface area contributed by atoms with Crippen LogP contribution in [0.5, 0.6) is 0 Å². The van der Waals surface area contributed by atoms with Gasteiger partial charge in [0.25, 0.3) is 5.91 Å². The third-order valence-electron chi connectivity index (χ3n) is 3.20. The van der Waals surface area contributed by atoms with Crippen LogP contribution in [0, 0.1) is 0 Å². The van der Waals surface area contributed by atoms with Crippen LogP contribution in [0.3, 0.4) is 0 Å². The summed E-state index contributed by atoms with van der Waals surface area (Å²) >= 11 is 2.53. The zero-order valence-electron chi connectivity index (χ0n) is 11.8. The molecule has 1 atom stereocenters. The van der Waals surface area contributed by atoms with Crippen molar-refractivity contribution in [3.63, 3.8) is 0 Å². The molecule has 8 heteroatoms. The van der Waals surface area contributed by atoms with Crippen molar-refractivity contribution >= 4 is 38.4 Å². The van der Waals surface area contributed by atoms with Crippen LogP contribution in [0.2, 0.25) is 0 Å². The SMILES string of the molecule is O=C(NC[C@@H](c1cccs1)S(=O)(=O)c1cccs1)c1ccco1. The molecule has 5 nitrogen and oxygen atoms in total. The summed E-state index contributed by atoms with van der Waals surface area (Å²) in [5.41, 5.74) is 0. The summed E-state index contributed by atoms with van der Waals surface area (Å²) in [6, 6.07) is 9.97. The van der Waals surface area contributed by atoms with E-state index in [1.54, 1.807) is 35.7 Å². The molecule has 0 aliphatic carbocycles. The van der Waals surface area contributed by atoms with E-state index >= 15 is 0 Å². The molecule has 0 fully saturated rings. The molecule has 0 aliphatic rings. The van der Waals surface area contributed by atoms with E-state index < -0.39 is 21.0 Å². The molecular formula is C15H13NO4S3. The van der Waals surface area contributed by atoms with E-state index in [-0.39, 0.29) is 12.3 Å². The molecule has 1 N–H and O–H groups in total. The van der Waals surface area contributed by atoms with Gasteiger partial charge in [0.2, 0.25) is 0 Å². The van der Waals surface area contributed by atoms with Crippen molar-refractivity contribution in [2.24, 2.45) is 0 Å². The Balaban J connectivity index is 1.84. The summed E-state index contributed by atoms with van der Waals surface area (Å²) < 4.78 is 31.0. The average Bonchev–Trinajstić information content (AvgIpc) is 3.27. The number of hydrogen-bond donors (Lipinski definition) is 1. The van der Waals surface area contributed by atoms with Crippen LogP contribution in [-0.2, 0) is 9.84 Å². The van der Waals surface area contributed by atoms with Crippen LogP contribution in [0.15, 0.2) is 62.0 Å². The van der Waals surface area contributed by atoms with Gasteiger partial charge in [0.1, 0.15) is 9.46 Å². The van der Waals surface area contributed by atoms with E-state index in [4.69, 9.17) is 4.42 Å². The lowest BCUT2D eigenvalue weighted by molar-refractivity contribution is 0.0926. The number of amides is 1. The van der Waals surface area contributed by atoms with Crippen molar-refractivity contribution in [2.45, 2.75) is 9.46 Å². The monoisotopic (exact) mass is 367 g/mol. The summed E-state index contributed by atoms with van der Waals surface area (Å²) in [5, 5.41) is 5.36. The number of thiophene rings is 2. The van der Waals surface area contributed by atoms with Crippen molar-refractivity contribution in [1.29, 1.82) is 0 Å². The molecule has 0 aromatic carbocycles. The fourth-order valence-corrected chi connectivity index (χ4v) is 6.07. The number of nitrogens with one attached hydrogen (secondary N) is 1. The minimum atomic E-state index is -3.56. The molecule has 3 heterocycles. The van der Waals surface area contributed by atoms with Crippen LogP contribution < -0.4 is 5.32 Å². The predicted octanol–water partition coefficient (Wildman–Crippen LogP) is 3.35. The first-order chi connectivity index (χ1) is 11.1. The Labute approximate surface area is 141 Å². The first-order valence-corrected chi connectivity index (χ1v) is 10.0. The van der Waals surface area contributed by atoms with Crippen LogP contribution in [-0.4, -0.2) is 20.9 Å². The number of carbonyl (C=O) groups excluding carboxylic acids is 1. The van der Waals surface area contributed by atoms with Gasteiger partial charge < -0.3 is 9.73 Å². The van der Waals surface area contributed by atoms with E-state index in [0.717, 1.165) is 0 Å². The maximum absolute atomic E-state index is 12.8. The van der Waals surface area contributed by atoms with E-state index in [1.165, 1.54) is 35.0 Å². The topological polar surface area (TPSA) is 76.4 Å². The Morgan fingerprint density at radius 1 is 1.13 bits per heavy atom. The van der Waals surface area contributed by atoms with Crippen LogP contribution in [0.1, 0.15) is 20.7 Å². The van der Waals surface area contributed by atoms with E-state index in [2.05, 4.69) is 5.32 Å². The molecule has 0 spiro atoms. The van der Waals surface area contributed by atoms with Gasteiger partial charge in [0.15, 0.2) is 15.6 Å². The standard InChI is InChI=1S/C15H13NO4S3/c17-15(11-4-1-7-20-11)16-10-13(12-5-2-8-21-12)23(18,19)14-6-3-9-22-14/h1-9,13H,10H2,(H,16,17)/t13-/m0/s1. The van der Waals surface area contributed by atoms with Gasteiger partial charge in [-0.25, -0.2) is 8.42 Å². The van der Waals surface area contributed by atoms with Crippen LogP contribution >= 0.6 is 22.7 Å². The maximum Gasteiger partial charge on any atom is 0.287 e. The number of furan rings is 1. The molecule has 3 rings (SSSR count). The molecule has 0 radical (unpaired) electrons. The summed E-state index contributed by atoms with van der Waals surface area (Å²) in [6.07, 6.45) is 1.40. The Morgan fingerprint density at radius 2 is 1.91 bits per heavy atom. The van der Waals surface area contributed by atoms with Gasteiger partial charge in [-0.1, -0.05) is 12.1 Å². The number of sulfone groups is 1. The fourth-order valence-electron chi connectivity index (χ4n) is 2.08. The Hall–Kier alpha value is -1.90. The normalized spacial score (nSPS) is 12.9. The molecule has 0 aliphatic heterocycles. The van der Waals surface area contributed by atoms with Crippen molar-refractivity contribution < 1.29 is 17.6 Å². The van der Waals surface area contributed by atoms with Crippen molar-refractivity contribution in [3.05, 3.63) is 64.1 Å². The third-order valence-corrected chi connectivity index (χ3v) is 7.85. The highest BCUT2D eigenvalue weighted by Gasteiger charge is 2.31. The Morgan fingerprint density at radius 3 is 2.52 bits per heavy atom. The van der Waals surface area contributed by atoms with E-state index in [9.17, 15) is 13.2 Å². The first-order valence-electron chi connectivity index (χ1n) is 6.71. The first kappa shape index (κ1) is 16.0. The predicted molar refractivity (Wildman–Crippen MR) is 89.6 cm³/mol. The van der Waals surface area contributed by atoms with Crippen molar-refractivity contribution in [2.75, 3.05) is 6.54 Å².